The largest absolute Gasteiger partial charge is 0.461 e. The third-order valence-corrected chi connectivity index (χ3v) is 13.5. The summed E-state index contributed by atoms with van der Waals surface area (Å²) in [6, 6.07) is 10.0. The lowest BCUT2D eigenvalue weighted by molar-refractivity contribution is -0.149. The molecule has 1 aromatic carbocycles. The summed E-state index contributed by atoms with van der Waals surface area (Å²) in [4.78, 5) is 12.9. The SMILES string of the molecule is C=C(C[C@H](OC(=O)CP(=O)(OCC)OCC)[C@H](C)CO[Si](C)(C)C(C)(C)C)[C@H](C)COCc1ccccc1. The van der Waals surface area contributed by atoms with Crippen LogP contribution in [0.3, 0.4) is 0 Å². The van der Waals surface area contributed by atoms with Gasteiger partial charge in [0.15, 0.2) is 8.32 Å². The summed E-state index contributed by atoms with van der Waals surface area (Å²) in [5.41, 5.74) is 2.04. The van der Waals surface area contributed by atoms with E-state index in [4.69, 9.17) is 22.9 Å². The fraction of sp³-hybridized carbons (Fsp3) is 0.690. The fourth-order valence-electron chi connectivity index (χ4n) is 3.41. The number of rotatable bonds is 18. The van der Waals surface area contributed by atoms with E-state index in [-0.39, 0.29) is 30.1 Å². The predicted octanol–water partition coefficient (Wildman–Crippen LogP) is 7.62. The summed E-state index contributed by atoms with van der Waals surface area (Å²) in [5, 5.41) is 0.0642. The number of hydrogen-bond donors (Lipinski definition) is 0. The molecule has 0 fully saturated rings. The van der Waals surface area contributed by atoms with Gasteiger partial charge in [-0.1, -0.05) is 77.1 Å². The van der Waals surface area contributed by atoms with Gasteiger partial charge >= 0.3 is 13.6 Å². The van der Waals surface area contributed by atoms with Crippen molar-refractivity contribution in [1.29, 1.82) is 0 Å². The van der Waals surface area contributed by atoms with E-state index in [0.29, 0.717) is 26.2 Å². The lowest BCUT2D eigenvalue weighted by Gasteiger charge is -2.38. The topological polar surface area (TPSA) is 80.3 Å². The Morgan fingerprint density at radius 3 is 2.13 bits per heavy atom. The van der Waals surface area contributed by atoms with E-state index in [9.17, 15) is 9.36 Å². The van der Waals surface area contributed by atoms with Crippen molar-refractivity contribution in [2.24, 2.45) is 11.8 Å². The van der Waals surface area contributed by atoms with E-state index in [1.807, 2.05) is 37.3 Å². The Bertz CT molecular complexity index is 888. The molecule has 9 heteroatoms. The molecule has 0 aliphatic rings. The van der Waals surface area contributed by atoms with Crippen LogP contribution in [0.15, 0.2) is 42.5 Å². The van der Waals surface area contributed by atoms with Gasteiger partial charge in [-0.2, -0.15) is 0 Å². The highest BCUT2D eigenvalue weighted by Crippen LogP contribution is 2.48. The minimum Gasteiger partial charge on any atom is -0.461 e. The molecule has 0 heterocycles. The van der Waals surface area contributed by atoms with Crippen LogP contribution in [0.1, 0.15) is 60.5 Å². The van der Waals surface area contributed by atoms with Crippen molar-refractivity contribution in [2.45, 2.75) is 85.7 Å². The molecule has 0 amide bonds. The van der Waals surface area contributed by atoms with Crippen molar-refractivity contribution in [3.8, 4) is 0 Å². The van der Waals surface area contributed by atoms with E-state index in [0.717, 1.165) is 11.1 Å². The van der Waals surface area contributed by atoms with E-state index in [1.54, 1.807) is 13.8 Å². The molecular formula is C29H51O7PSi. The molecule has 0 spiro atoms. The molecule has 218 valence electrons. The van der Waals surface area contributed by atoms with E-state index >= 15 is 0 Å². The molecule has 7 nitrogen and oxygen atoms in total. The van der Waals surface area contributed by atoms with Crippen LogP contribution in [0, 0.1) is 11.8 Å². The van der Waals surface area contributed by atoms with Crippen molar-refractivity contribution in [3.63, 3.8) is 0 Å². The van der Waals surface area contributed by atoms with Crippen LogP contribution in [-0.2, 0) is 38.9 Å². The zero-order valence-electron chi connectivity index (χ0n) is 25.1. The number of ether oxygens (including phenoxy) is 2. The van der Waals surface area contributed by atoms with Crippen molar-refractivity contribution in [3.05, 3.63) is 48.0 Å². The average molecular weight is 571 g/mol. The summed E-state index contributed by atoms with van der Waals surface area (Å²) in [6.45, 7) is 24.6. The molecule has 0 aromatic heterocycles. The van der Waals surface area contributed by atoms with Gasteiger partial charge in [0.2, 0.25) is 0 Å². The Hall–Kier alpha value is -1.28. The second-order valence-corrected chi connectivity index (χ2v) is 18.3. The molecule has 0 aliphatic heterocycles. The molecule has 1 rings (SSSR count). The first-order chi connectivity index (χ1) is 17.6. The number of carbonyl (C=O) groups excluding carboxylic acids is 1. The molecule has 38 heavy (non-hydrogen) atoms. The Kier molecular flexibility index (Phi) is 14.7. The third-order valence-electron chi connectivity index (χ3n) is 7.04. The maximum absolute atomic E-state index is 12.9. The van der Waals surface area contributed by atoms with Crippen molar-refractivity contribution < 1.29 is 32.3 Å². The van der Waals surface area contributed by atoms with Crippen LogP contribution in [0.4, 0.5) is 0 Å². The van der Waals surface area contributed by atoms with Crippen LogP contribution >= 0.6 is 7.60 Å². The first-order valence-corrected chi connectivity index (χ1v) is 18.3. The van der Waals surface area contributed by atoms with Gasteiger partial charge < -0.3 is 22.9 Å². The molecule has 3 atom stereocenters. The van der Waals surface area contributed by atoms with Crippen LogP contribution in [0.2, 0.25) is 18.1 Å². The highest BCUT2D eigenvalue weighted by atomic mass is 31.2. The van der Waals surface area contributed by atoms with Crippen LogP contribution in [-0.4, -0.2) is 53.0 Å². The summed E-state index contributed by atoms with van der Waals surface area (Å²) >= 11 is 0. The first-order valence-electron chi connectivity index (χ1n) is 13.6. The average Bonchev–Trinajstić information content (AvgIpc) is 2.82. The number of carbonyl (C=O) groups is 1. The summed E-state index contributed by atoms with van der Waals surface area (Å²) < 4.78 is 41.8. The number of benzene rings is 1. The third kappa shape index (κ3) is 12.3. The molecule has 1 aromatic rings. The lowest BCUT2D eigenvalue weighted by atomic mass is 9.92. The first kappa shape index (κ1) is 34.7. The van der Waals surface area contributed by atoms with Crippen LogP contribution < -0.4 is 0 Å². The zero-order valence-corrected chi connectivity index (χ0v) is 27.0. The second kappa shape index (κ2) is 16.1. The van der Waals surface area contributed by atoms with E-state index < -0.39 is 34.1 Å². The highest BCUT2D eigenvalue weighted by molar-refractivity contribution is 7.54. The van der Waals surface area contributed by atoms with Crippen molar-refractivity contribution in [1.82, 2.24) is 0 Å². The molecule has 0 aliphatic carbocycles. The van der Waals surface area contributed by atoms with Gasteiger partial charge in [-0.25, -0.2) is 0 Å². The highest BCUT2D eigenvalue weighted by Gasteiger charge is 2.38. The lowest BCUT2D eigenvalue weighted by Crippen LogP contribution is -2.43. The summed E-state index contributed by atoms with van der Waals surface area (Å²) in [6.07, 6.45) is -0.464. The standard InChI is InChI=1S/C29H51O7PSi/c1-11-33-37(31,34-12-2)22-28(30)36-27(25(5)20-35-38(9,10)29(6,7)8)18-23(3)24(4)19-32-21-26-16-14-13-15-17-26/h13-17,24-25,27H,3,11-12,18-22H2,1-2,4-10H3/t24-,25-,27+/m1/s1. The van der Waals surface area contributed by atoms with Gasteiger partial charge in [-0.15, -0.1) is 0 Å². The molecule has 0 radical (unpaired) electrons. The Balaban J connectivity index is 2.90. The Morgan fingerprint density at radius 1 is 1.03 bits per heavy atom. The normalized spacial score (nSPS) is 15.1. The van der Waals surface area contributed by atoms with Gasteiger partial charge in [0.1, 0.15) is 12.3 Å². The fourth-order valence-corrected chi connectivity index (χ4v) is 5.96. The molecule has 0 saturated carbocycles. The number of hydrogen-bond acceptors (Lipinski definition) is 7. The van der Waals surface area contributed by atoms with E-state index in [2.05, 4.69) is 47.4 Å². The summed E-state index contributed by atoms with van der Waals surface area (Å²) in [7, 11) is -5.56. The van der Waals surface area contributed by atoms with Gasteiger partial charge in [0, 0.05) is 24.9 Å². The minimum atomic E-state index is -3.56. The molecule has 0 N–H and O–H groups in total. The molecule has 0 saturated heterocycles. The molecule has 0 unspecified atom stereocenters. The van der Waals surface area contributed by atoms with Crippen LogP contribution in [0.5, 0.6) is 0 Å². The minimum absolute atomic E-state index is 0.0615. The van der Waals surface area contributed by atoms with Gasteiger partial charge in [0.05, 0.1) is 26.4 Å². The van der Waals surface area contributed by atoms with Crippen LogP contribution in [0.25, 0.3) is 0 Å². The maximum atomic E-state index is 12.9. The smallest absolute Gasteiger partial charge is 0.341 e. The van der Waals surface area contributed by atoms with Gasteiger partial charge in [-0.3, -0.25) is 9.36 Å². The van der Waals surface area contributed by atoms with E-state index in [1.165, 1.54) is 0 Å². The second-order valence-electron chi connectivity index (χ2n) is 11.4. The maximum Gasteiger partial charge on any atom is 0.341 e. The Labute approximate surface area is 232 Å². The monoisotopic (exact) mass is 570 g/mol. The van der Waals surface area contributed by atoms with Gasteiger partial charge in [0.25, 0.3) is 0 Å². The summed E-state index contributed by atoms with van der Waals surface area (Å²) in [5.74, 6) is -0.646. The predicted molar refractivity (Wildman–Crippen MR) is 157 cm³/mol. The van der Waals surface area contributed by atoms with Gasteiger partial charge in [-0.05, 0) is 37.5 Å². The quantitative estimate of drug-likeness (QED) is 0.0777. The van der Waals surface area contributed by atoms with Crippen molar-refractivity contribution >= 4 is 21.9 Å². The molecular weight excluding hydrogens is 519 g/mol. The van der Waals surface area contributed by atoms with Crippen molar-refractivity contribution in [2.75, 3.05) is 32.6 Å². The number of esters is 1. The molecule has 0 bridgehead atoms. The zero-order chi connectivity index (χ0) is 29.0. The Morgan fingerprint density at radius 2 is 1.61 bits per heavy atom.